The maximum absolute atomic E-state index is 10.6. The number of anilines is 1. The quantitative estimate of drug-likeness (QED) is 0.841. The molecular formula is C13H11N2O4S-. The molecule has 7 heteroatoms. The van der Waals surface area contributed by atoms with Gasteiger partial charge in [-0.15, -0.1) is 0 Å². The normalized spacial score (nSPS) is 11.7. The summed E-state index contributed by atoms with van der Waals surface area (Å²) in [6.45, 7) is 0. The van der Waals surface area contributed by atoms with E-state index in [2.05, 4.69) is 4.72 Å². The topological polar surface area (TPSA) is 104 Å². The second-order valence-electron chi connectivity index (χ2n) is 3.86. The van der Waals surface area contributed by atoms with E-state index < -0.39 is 17.4 Å². The van der Waals surface area contributed by atoms with Crippen LogP contribution in [-0.2, 0) is 11.3 Å². The average Bonchev–Trinajstić information content (AvgIpc) is 2.38. The Labute approximate surface area is 118 Å². The number of rotatable bonds is 4. The summed E-state index contributed by atoms with van der Waals surface area (Å²) in [6, 6.07) is 13.6. The molecule has 0 heterocycles. The molecule has 0 saturated heterocycles. The monoisotopic (exact) mass is 291 g/mol. The summed E-state index contributed by atoms with van der Waals surface area (Å²) in [5, 5.41) is 0. The fourth-order valence-corrected chi connectivity index (χ4v) is 2.01. The predicted molar refractivity (Wildman–Crippen MR) is 74.6 cm³/mol. The number of nitrogens with one attached hydrogen (secondary N) is 1. The third-order valence-electron chi connectivity index (χ3n) is 2.47. The van der Waals surface area contributed by atoms with E-state index in [4.69, 9.17) is 10.5 Å². The second-order valence-corrected chi connectivity index (χ2v) is 4.54. The molecule has 0 saturated carbocycles. The number of primary amides is 1. The van der Waals surface area contributed by atoms with Gasteiger partial charge in [0.1, 0.15) is 5.75 Å². The minimum atomic E-state index is -2.36. The van der Waals surface area contributed by atoms with Gasteiger partial charge in [0.05, 0.1) is 0 Å². The molecule has 0 spiro atoms. The lowest BCUT2D eigenvalue weighted by Crippen LogP contribution is -2.16. The van der Waals surface area contributed by atoms with Crippen molar-refractivity contribution < 1.29 is 18.3 Å². The number of nitrogens with two attached hydrogens (primary N) is 1. The van der Waals surface area contributed by atoms with E-state index in [1.165, 1.54) is 0 Å². The van der Waals surface area contributed by atoms with Crippen LogP contribution in [0.15, 0.2) is 48.5 Å². The van der Waals surface area contributed by atoms with Crippen LogP contribution in [0.3, 0.4) is 0 Å². The zero-order valence-electron chi connectivity index (χ0n) is 10.2. The molecule has 0 aliphatic rings. The third kappa shape index (κ3) is 3.81. The van der Waals surface area contributed by atoms with E-state index in [1.807, 2.05) is 6.07 Å². The van der Waals surface area contributed by atoms with Crippen molar-refractivity contribution >= 4 is 23.0 Å². The van der Waals surface area contributed by atoms with Crippen LogP contribution in [0.5, 0.6) is 5.75 Å². The van der Waals surface area contributed by atoms with Crippen molar-refractivity contribution in [3.63, 3.8) is 0 Å². The number of benzene rings is 2. The van der Waals surface area contributed by atoms with Crippen molar-refractivity contribution in [2.45, 2.75) is 0 Å². The fourth-order valence-electron chi connectivity index (χ4n) is 1.69. The van der Waals surface area contributed by atoms with Gasteiger partial charge < -0.3 is 19.7 Å². The number of carbonyl (C=O) groups excluding carboxylic acids is 1. The number of hydrogen-bond acceptors (Lipinski definition) is 4. The van der Waals surface area contributed by atoms with Gasteiger partial charge in [0, 0.05) is 17.0 Å². The van der Waals surface area contributed by atoms with Crippen LogP contribution < -0.4 is 15.2 Å². The van der Waals surface area contributed by atoms with Crippen LogP contribution in [0.1, 0.15) is 0 Å². The molecule has 1 amide bonds. The van der Waals surface area contributed by atoms with E-state index in [0.29, 0.717) is 11.4 Å². The Morgan fingerprint density at radius 2 is 1.85 bits per heavy atom. The number of hydrogen-bond donors (Lipinski definition) is 2. The van der Waals surface area contributed by atoms with Gasteiger partial charge in [-0.1, -0.05) is 24.3 Å². The minimum Gasteiger partial charge on any atom is -0.755 e. The summed E-state index contributed by atoms with van der Waals surface area (Å²) in [5.74, 6) is 0.344. The van der Waals surface area contributed by atoms with Gasteiger partial charge in [0.15, 0.2) is 0 Å². The summed E-state index contributed by atoms with van der Waals surface area (Å²) < 4.78 is 28.2. The minimum absolute atomic E-state index is 0.344. The van der Waals surface area contributed by atoms with Gasteiger partial charge in [-0.2, -0.15) is 0 Å². The lowest BCUT2D eigenvalue weighted by molar-refractivity contribution is 0.211. The molecule has 0 fully saturated rings. The SMILES string of the molecule is NC(=O)Oc1ccc(-c2cccc(NS(=O)[O-])c2)cc1. The van der Waals surface area contributed by atoms with E-state index in [-0.39, 0.29) is 0 Å². The van der Waals surface area contributed by atoms with Crippen LogP contribution >= 0.6 is 0 Å². The summed E-state index contributed by atoms with van der Waals surface area (Å²) in [7, 11) is 0. The Kier molecular flexibility index (Phi) is 4.34. The molecule has 0 bridgehead atoms. The highest BCUT2D eigenvalue weighted by Crippen LogP contribution is 2.25. The number of amides is 1. The zero-order valence-corrected chi connectivity index (χ0v) is 11.1. The van der Waals surface area contributed by atoms with Crippen molar-refractivity contribution in [3.05, 3.63) is 48.5 Å². The zero-order chi connectivity index (χ0) is 14.5. The molecule has 0 aliphatic heterocycles. The Hall–Kier alpha value is -2.38. The van der Waals surface area contributed by atoms with E-state index in [0.717, 1.165) is 11.1 Å². The van der Waals surface area contributed by atoms with E-state index in [9.17, 15) is 13.6 Å². The summed E-state index contributed by atoms with van der Waals surface area (Å²) in [6.07, 6.45) is -0.873. The van der Waals surface area contributed by atoms with Gasteiger partial charge in [0.2, 0.25) is 0 Å². The molecule has 2 aromatic carbocycles. The molecule has 20 heavy (non-hydrogen) atoms. The first kappa shape index (κ1) is 14.0. The summed E-state index contributed by atoms with van der Waals surface area (Å²) in [4.78, 5) is 10.6. The molecule has 2 aromatic rings. The molecule has 0 radical (unpaired) electrons. The largest absolute Gasteiger partial charge is 0.755 e. The summed E-state index contributed by atoms with van der Waals surface area (Å²) >= 11 is -2.36. The molecule has 104 valence electrons. The van der Waals surface area contributed by atoms with Crippen molar-refractivity contribution in [1.82, 2.24) is 0 Å². The second kappa shape index (κ2) is 6.18. The first-order valence-electron chi connectivity index (χ1n) is 5.58. The van der Waals surface area contributed by atoms with Crippen LogP contribution in [0.2, 0.25) is 0 Å². The van der Waals surface area contributed by atoms with Crippen LogP contribution in [0.25, 0.3) is 11.1 Å². The fraction of sp³-hybridized carbons (Fsp3) is 0. The van der Waals surface area contributed by atoms with Gasteiger partial charge >= 0.3 is 6.09 Å². The van der Waals surface area contributed by atoms with Crippen molar-refractivity contribution in [2.75, 3.05) is 4.72 Å². The Morgan fingerprint density at radius 3 is 2.45 bits per heavy atom. The van der Waals surface area contributed by atoms with E-state index in [1.54, 1.807) is 42.5 Å². The van der Waals surface area contributed by atoms with Crippen LogP contribution in [0, 0.1) is 0 Å². The predicted octanol–water partition coefficient (Wildman–Crippen LogP) is 2.02. The Bertz CT molecular complexity index is 643. The standard InChI is InChI=1S/C13H12N2O4S/c14-13(16)19-12-6-4-9(5-7-12)10-2-1-3-11(8-10)15-20(17)18/h1-8,15H,(H2,14,16)(H,17,18)/p-1. The number of ether oxygens (including phenoxy) is 1. The van der Waals surface area contributed by atoms with Crippen molar-refractivity contribution in [1.29, 1.82) is 0 Å². The van der Waals surface area contributed by atoms with Crippen molar-refractivity contribution in [3.8, 4) is 16.9 Å². The molecule has 1 atom stereocenters. The van der Waals surface area contributed by atoms with Gasteiger partial charge in [-0.3, -0.25) is 4.21 Å². The maximum atomic E-state index is 10.6. The Balaban J connectivity index is 2.22. The highest BCUT2D eigenvalue weighted by Gasteiger charge is 2.02. The molecule has 1 unspecified atom stereocenters. The highest BCUT2D eigenvalue weighted by atomic mass is 32.2. The molecule has 0 aromatic heterocycles. The van der Waals surface area contributed by atoms with Crippen LogP contribution in [0.4, 0.5) is 10.5 Å². The molecular weight excluding hydrogens is 280 g/mol. The lowest BCUT2D eigenvalue weighted by atomic mass is 10.1. The molecule has 2 rings (SSSR count). The smallest absolute Gasteiger partial charge is 0.409 e. The average molecular weight is 291 g/mol. The van der Waals surface area contributed by atoms with Crippen molar-refractivity contribution in [2.24, 2.45) is 5.73 Å². The maximum Gasteiger partial charge on any atom is 0.409 e. The number of carbonyl (C=O) groups is 1. The van der Waals surface area contributed by atoms with Gasteiger partial charge in [-0.25, -0.2) is 4.79 Å². The van der Waals surface area contributed by atoms with Gasteiger partial charge in [0.25, 0.3) is 0 Å². The molecule has 0 aliphatic carbocycles. The van der Waals surface area contributed by atoms with Gasteiger partial charge in [-0.05, 0) is 35.4 Å². The van der Waals surface area contributed by atoms with E-state index >= 15 is 0 Å². The molecule has 3 N–H and O–H groups in total. The lowest BCUT2D eigenvalue weighted by Gasteiger charge is -2.10. The first-order valence-corrected chi connectivity index (χ1v) is 6.66. The Morgan fingerprint density at radius 1 is 1.15 bits per heavy atom. The summed E-state index contributed by atoms with van der Waals surface area (Å²) in [5.41, 5.74) is 7.05. The van der Waals surface area contributed by atoms with Crippen LogP contribution in [-0.4, -0.2) is 14.9 Å². The first-order chi connectivity index (χ1) is 9.54. The molecule has 6 nitrogen and oxygen atoms in total. The highest BCUT2D eigenvalue weighted by molar-refractivity contribution is 7.80. The third-order valence-corrected chi connectivity index (χ3v) is 2.87.